The molecule has 0 radical (unpaired) electrons. The lowest BCUT2D eigenvalue weighted by molar-refractivity contribution is -0.115. The van der Waals surface area contributed by atoms with Crippen LogP contribution in [0.2, 0.25) is 5.02 Å². The summed E-state index contributed by atoms with van der Waals surface area (Å²) in [6.07, 6.45) is 4.71. The molecule has 0 fully saturated rings. The van der Waals surface area contributed by atoms with E-state index in [2.05, 4.69) is 30.8 Å². The van der Waals surface area contributed by atoms with Gasteiger partial charge in [0.05, 0.1) is 12.6 Å². The van der Waals surface area contributed by atoms with E-state index in [1.54, 1.807) is 36.4 Å². The van der Waals surface area contributed by atoms with Crippen LogP contribution in [0.4, 0.5) is 17.3 Å². The largest absolute Gasteiger partial charge is 0.365 e. The predicted molar refractivity (Wildman–Crippen MR) is 122 cm³/mol. The van der Waals surface area contributed by atoms with Crippen LogP contribution in [-0.2, 0) is 11.2 Å². The summed E-state index contributed by atoms with van der Waals surface area (Å²) in [5, 5.41) is 13.3. The second-order valence-electron chi connectivity index (χ2n) is 6.80. The zero-order valence-electron chi connectivity index (χ0n) is 16.7. The number of anilines is 3. The molecule has 32 heavy (non-hydrogen) atoms. The fraction of sp³-hybridized carbons (Fsp3) is 0.0455. The van der Waals surface area contributed by atoms with Gasteiger partial charge in [0.15, 0.2) is 0 Å². The van der Waals surface area contributed by atoms with Crippen molar-refractivity contribution in [3.8, 4) is 11.3 Å². The molecule has 2 heterocycles. The first-order valence-electron chi connectivity index (χ1n) is 9.56. The van der Waals surface area contributed by atoms with Crippen molar-refractivity contribution in [2.24, 2.45) is 5.73 Å². The first-order chi connectivity index (χ1) is 15.5. The Morgan fingerprint density at radius 2 is 1.84 bits per heavy atom. The summed E-state index contributed by atoms with van der Waals surface area (Å²) in [6, 6.07) is 14.1. The minimum Gasteiger partial charge on any atom is -0.365 e. The highest BCUT2D eigenvalue weighted by molar-refractivity contribution is 6.31. The molecule has 4 aromatic rings. The number of nitrogens with two attached hydrogens (primary N) is 1. The number of hydrogen-bond donors (Lipinski definition) is 4. The molecule has 160 valence electrons. The van der Waals surface area contributed by atoms with Crippen LogP contribution in [0.5, 0.6) is 0 Å². The van der Waals surface area contributed by atoms with Crippen LogP contribution in [0.1, 0.15) is 15.9 Å². The summed E-state index contributed by atoms with van der Waals surface area (Å²) in [5.41, 5.74) is 8.13. The van der Waals surface area contributed by atoms with Crippen molar-refractivity contribution < 1.29 is 9.59 Å². The summed E-state index contributed by atoms with van der Waals surface area (Å²) in [5.74, 6) is -0.108. The van der Waals surface area contributed by atoms with Gasteiger partial charge in [-0.25, -0.2) is 4.98 Å². The lowest BCUT2D eigenvalue weighted by atomic mass is 10.1. The number of nitrogens with one attached hydrogen (secondary N) is 3. The topological polar surface area (TPSA) is 139 Å². The van der Waals surface area contributed by atoms with Crippen molar-refractivity contribution in [3.63, 3.8) is 0 Å². The summed E-state index contributed by atoms with van der Waals surface area (Å²) in [4.78, 5) is 32.5. The van der Waals surface area contributed by atoms with Crippen molar-refractivity contribution in [3.05, 3.63) is 83.3 Å². The van der Waals surface area contributed by atoms with E-state index in [0.717, 1.165) is 5.56 Å². The van der Waals surface area contributed by atoms with E-state index in [1.165, 1.54) is 18.6 Å². The average Bonchev–Trinajstić information content (AvgIpc) is 3.20. The normalized spacial score (nSPS) is 10.5. The van der Waals surface area contributed by atoms with Gasteiger partial charge in [0.2, 0.25) is 5.91 Å². The van der Waals surface area contributed by atoms with Crippen LogP contribution in [0.15, 0.2) is 67.1 Å². The van der Waals surface area contributed by atoms with E-state index in [4.69, 9.17) is 17.3 Å². The molecule has 2 aromatic carbocycles. The van der Waals surface area contributed by atoms with Crippen LogP contribution < -0.4 is 16.4 Å². The number of carbonyl (C=O) groups excluding carboxylic acids is 2. The van der Waals surface area contributed by atoms with Crippen LogP contribution in [0, 0.1) is 0 Å². The second kappa shape index (κ2) is 9.27. The van der Waals surface area contributed by atoms with Gasteiger partial charge in [0.25, 0.3) is 5.91 Å². The third-order valence-electron chi connectivity index (χ3n) is 4.58. The second-order valence-corrected chi connectivity index (χ2v) is 7.20. The standard InChI is InChI=1S/C22H18ClN7O2/c23-16-4-2-1-3-14(16)11-18(31)27-15-7-5-13(6-8-15)20-19(21(24)32)22(30-29-20)28-17-12-25-9-10-26-17/h1-10,12H,11H2,(H2,24,32)(H,27,31)(H2,26,28,29,30). The molecule has 0 aliphatic heterocycles. The van der Waals surface area contributed by atoms with Gasteiger partial charge in [0, 0.05) is 28.7 Å². The number of primary amides is 1. The highest BCUT2D eigenvalue weighted by Gasteiger charge is 2.20. The molecular formula is C22H18ClN7O2. The number of H-pyrrole nitrogens is 1. The number of aromatic amines is 1. The first kappa shape index (κ1) is 21.0. The minimum absolute atomic E-state index is 0.157. The Morgan fingerprint density at radius 3 is 2.53 bits per heavy atom. The SMILES string of the molecule is NC(=O)c1c(-c2ccc(NC(=O)Cc3ccccc3Cl)cc2)n[nH]c1Nc1cnccn1. The van der Waals surface area contributed by atoms with Crippen LogP contribution in [-0.4, -0.2) is 32.0 Å². The number of benzene rings is 2. The molecule has 0 saturated carbocycles. The minimum atomic E-state index is -0.655. The van der Waals surface area contributed by atoms with E-state index < -0.39 is 5.91 Å². The molecule has 10 heteroatoms. The molecule has 0 aliphatic rings. The lowest BCUT2D eigenvalue weighted by Crippen LogP contribution is -2.14. The van der Waals surface area contributed by atoms with Crippen molar-refractivity contribution in [1.82, 2.24) is 20.2 Å². The molecule has 2 amide bonds. The van der Waals surface area contributed by atoms with Gasteiger partial charge in [-0.05, 0) is 23.8 Å². The molecule has 2 aromatic heterocycles. The molecule has 5 N–H and O–H groups in total. The average molecular weight is 448 g/mol. The number of amides is 2. The van der Waals surface area contributed by atoms with E-state index in [0.29, 0.717) is 33.6 Å². The molecule has 4 rings (SSSR count). The maximum atomic E-state index is 12.3. The Hall–Kier alpha value is -4.24. The predicted octanol–water partition coefficient (Wildman–Crippen LogP) is 3.54. The third kappa shape index (κ3) is 4.73. The number of halogens is 1. The van der Waals surface area contributed by atoms with Crippen LogP contribution >= 0.6 is 11.6 Å². The molecular weight excluding hydrogens is 430 g/mol. The molecule has 0 aliphatic carbocycles. The van der Waals surface area contributed by atoms with Gasteiger partial charge < -0.3 is 16.4 Å². The molecule has 0 atom stereocenters. The number of hydrogen-bond acceptors (Lipinski definition) is 6. The summed E-state index contributed by atoms with van der Waals surface area (Å²) < 4.78 is 0. The van der Waals surface area contributed by atoms with Gasteiger partial charge in [-0.1, -0.05) is 41.9 Å². The summed E-state index contributed by atoms with van der Waals surface area (Å²) >= 11 is 6.11. The highest BCUT2D eigenvalue weighted by atomic mass is 35.5. The smallest absolute Gasteiger partial charge is 0.254 e. The Bertz CT molecular complexity index is 1260. The summed E-state index contributed by atoms with van der Waals surface area (Å²) in [6.45, 7) is 0. The monoisotopic (exact) mass is 447 g/mol. The van der Waals surface area contributed by atoms with Gasteiger partial charge >= 0.3 is 0 Å². The Kier molecular flexibility index (Phi) is 6.09. The molecule has 0 bridgehead atoms. The van der Waals surface area contributed by atoms with E-state index in [1.807, 2.05) is 12.1 Å². The molecule has 0 unspecified atom stereocenters. The number of aromatic nitrogens is 4. The van der Waals surface area contributed by atoms with Gasteiger partial charge in [-0.3, -0.25) is 19.7 Å². The fourth-order valence-electron chi connectivity index (χ4n) is 3.10. The Balaban J connectivity index is 1.51. The van der Waals surface area contributed by atoms with Gasteiger partial charge in [-0.2, -0.15) is 5.10 Å². The van der Waals surface area contributed by atoms with E-state index in [-0.39, 0.29) is 17.9 Å². The van der Waals surface area contributed by atoms with Crippen molar-refractivity contribution in [2.45, 2.75) is 6.42 Å². The fourth-order valence-corrected chi connectivity index (χ4v) is 3.31. The van der Waals surface area contributed by atoms with Crippen LogP contribution in [0.3, 0.4) is 0 Å². The number of nitrogens with zero attached hydrogens (tertiary/aromatic N) is 3. The quantitative estimate of drug-likeness (QED) is 0.341. The number of carbonyl (C=O) groups is 2. The zero-order chi connectivity index (χ0) is 22.5. The third-order valence-corrected chi connectivity index (χ3v) is 4.95. The molecule has 0 spiro atoms. The van der Waals surface area contributed by atoms with Crippen molar-refractivity contribution >= 4 is 40.7 Å². The van der Waals surface area contributed by atoms with Crippen molar-refractivity contribution in [1.29, 1.82) is 0 Å². The summed E-state index contributed by atoms with van der Waals surface area (Å²) in [7, 11) is 0. The molecule has 0 saturated heterocycles. The Morgan fingerprint density at radius 1 is 1.06 bits per heavy atom. The first-order valence-corrected chi connectivity index (χ1v) is 9.94. The van der Waals surface area contributed by atoms with E-state index >= 15 is 0 Å². The lowest BCUT2D eigenvalue weighted by Gasteiger charge is -2.08. The maximum absolute atomic E-state index is 12.3. The van der Waals surface area contributed by atoms with Crippen molar-refractivity contribution in [2.75, 3.05) is 10.6 Å². The van der Waals surface area contributed by atoms with E-state index in [9.17, 15) is 9.59 Å². The van der Waals surface area contributed by atoms with Gasteiger partial charge in [-0.15, -0.1) is 0 Å². The maximum Gasteiger partial charge on any atom is 0.254 e. The zero-order valence-corrected chi connectivity index (χ0v) is 17.4. The van der Waals surface area contributed by atoms with Gasteiger partial charge in [0.1, 0.15) is 22.9 Å². The number of rotatable bonds is 7. The molecule has 9 nitrogen and oxygen atoms in total. The highest BCUT2D eigenvalue weighted by Crippen LogP contribution is 2.29. The Labute approximate surface area is 188 Å². The van der Waals surface area contributed by atoms with Crippen LogP contribution in [0.25, 0.3) is 11.3 Å².